The highest BCUT2D eigenvalue weighted by Crippen LogP contribution is 2.24. The summed E-state index contributed by atoms with van der Waals surface area (Å²) in [5.74, 6) is 1.61. The minimum atomic E-state index is 0.599. The average Bonchev–Trinajstić information content (AvgIpc) is 2.82. The number of thiocarbonyl (C=S) groups is 1. The second-order valence-corrected chi connectivity index (χ2v) is 4.44. The van der Waals surface area contributed by atoms with Crippen LogP contribution in [-0.2, 0) is 6.54 Å². The third-order valence-electron chi connectivity index (χ3n) is 2.91. The van der Waals surface area contributed by atoms with E-state index >= 15 is 0 Å². The number of anilines is 1. The molecular weight excluding hydrogens is 260 g/mol. The first-order valence-electron chi connectivity index (χ1n) is 5.88. The quantitative estimate of drug-likeness (QED) is 0.849. The van der Waals surface area contributed by atoms with E-state index in [0.717, 1.165) is 28.4 Å². The number of nitrogens with zero attached hydrogens (tertiary/aromatic N) is 3. The van der Waals surface area contributed by atoms with E-state index in [1.165, 1.54) is 5.49 Å². The second kappa shape index (κ2) is 5.79. The molecule has 0 bridgehead atoms. The Balaban J connectivity index is 2.25. The highest BCUT2D eigenvalue weighted by Gasteiger charge is 2.10. The maximum Gasteiger partial charge on any atom is 0.152 e. The van der Waals surface area contributed by atoms with Gasteiger partial charge in [0.1, 0.15) is 5.75 Å². The van der Waals surface area contributed by atoms with Crippen LogP contribution in [0.15, 0.2) is 18.5 Å². The zero-order chi connectivity index (χ0) is 13.8. The van der Waals surface area contributed by atoms with Crippen molar-refractivity contribution in [2.75, 3.05) is 12.4 Å². The first-order valence-corrected chi connectivity index (χ1v) is 6.35. The van der Waals surface area contributed by atoms with Gasteiger partial charge in [-0.25, -0.2) is 0 Å². The smallest absolute Gasteiger partial charge is 0.152 e. The van der Waals surface area contributed by atoms with Gasteiger partial charge in [0.05, 0.1) is 24.8 Å². The maximum atomic E-state index is 5.40. The third kappa shape index (κ3) is 2.90. The lowest BCUT2D eigenvalue weighted by molar-refractivity contribution is 0.406. The number of pyridine rings is 1. The number of methoxy groups -OCH3 is 1. The summed E-state index contributed by atoms with van der Waals surface area (Å²) in [6.45, 7) is 4.59. The molecule has 2 aromatic heterocycles. The lowest BCUT2D eigenvalue weighted by Crippen LogP contribution is -2.07. The normalized spacial score (nSPS) is 10.3. The van der Waals surface area contributed by atoms with Crippen LogP contribution in [0, 0.1) is 13.8 Å². The molecule has 6 heteroatoms. The van der Waals surface area contributed by atoms with Crippen molar-refractivity contribution < 1.29 is 4.74 Å². The van der Waals surface area contributed by atoms with Crippen LogP contribution in [0.2, 0.25) is 0 Å². The molecule has 5 nitrogen and oxygen atoms in total. The topological polar surface area (TPSA) is 52.0 Å². The summed E-state index contributed by atoms with van der Waals surface area (Å²) in [6.07, 6.45) is 3.70. The molecule has 0 aromatic carbocycles. The minimum absolute atomic E-state index is 0.599. The van der Waals surface area contributed by atoms with E-state index in [1.54, 1.807) is 7.11 Å². The summed E-state index contributed by atoms with van der Waals surface area (Å²) in [6, 6.07) is 1.86. The molecule has 1 N–H and O–H groups in total. The van der Waals surface area contributed by atoms with Gasteiger partial charge in [-0.15, -0.1) is 0 Å². The number of hydrogen-bond acceptors (Lipinski definition) is 4. The molecule has 0 saturated heterocycles. The van der Waals surface area contributed by atoms with Crippen molar-refractivity contribution in [1.82, 2.24) is 14.8 Å². The molecule has 0 spiro atoms. The SMILES string of the molecule is COc1c(C)cnc(Cn2ccc(NC=S)n2)c1C. The maximum absolute atomic E-state index is 5.40. The molecule has 0 unspecified atom stereocenters. The largest absolute Gasteiger partial charge is 0.496 e. The fraction of sp³-hybridized carbons (Fsp3) is 0.308. The van der Waals surface area contributed by atoms with E-state index in [2.05, 4.69) is 15.4 Å². The summed E-state index contributed by atoms with van der Waals surface area (Å²) < 4.78 is 7.21. The fourth-order valence-electron chi connectivity index (χ4n) is 1.97. The van der Waals surface area contributed by atoms with Crippen molar-refractivity contribution in [3.05, 3.63) is 35.3 Å². The molecule has 0 atom stereocenters. The van der Waals surface area contributed by atoms with Crippen LogP contribution < -0.4 is 10.1 Å². The number of ether oxygens (including phenoxy) is 1. The molecule has 0 aliphatic carbocycles. The van der Waals surface area contributed by atoms with E-state index < -0.39 is 0 Å². The van der Waals surface area contributed by atoms with E-state index in [4.69, 9.17) is 17.0 Å². The standard InChI is InChI=1S/C13H16N4OS/c1-9-6-14-11(10(2)13(9)18-3)7-17-5-4-12(16-17)15-8-19/h4-6,8H,7H2,1-3H3,(H,15,16,19). The van der Waals surface area contributed by atoms with Gasteiger partial charge < -0.3 is 10.1 Å². The Kier molecular flexibility index (Phi) is 4.11. The molecule has 19 heavy (non-hydrogen) atoms. The molecule has 2 rings (SSSR count). The Labute approximate surface area is 117 Å². The molecular formula is C13H16N4OS. The molecule has 0 radical (unpaired) electrons. The van der Waals surface area contributed by atoms with Crippen molar-refractivity contribution in [2.45, 2.75) is 20.4 Å². The van der Waals surface area contributed by atoms with Crippen LogP contribution >= 0.6 is 12.2 Å². The van der Waals surface area contributed by atoms with Gasteiger partial charge in [-0.1, -0.05) is 12.2 Å². The minimum Gasteiger partial charge on any atom is -0.496 e. The highest BCUT2D eigenvalue weighted by atomic mass is 32.1. The van der Waals surface area contributed by atoms with E-state index in [1.807, 2.05) is 37.0 Å². The number of aromatic nitrogens is 3. The Morgan fingerprint density at radius 1 is 1.47 bits per heavy atom. The van der Waals surface area contributed by atoms with E-state index in [9.17, 15) is 0 Å². The number of aryl methyl sites for hydroxylation is 1. The molecule has 0 saturated carbocycles. The third-order valence-corrected chi connectivity index (χ3v) is 3.03. The Bertz CT molecular complexity index is 594. The predicted molar refractivity (Wildman–Crippen MR) is 78.9 cm³/mol. The molecule has 0 fully saturated rings. The van der Waals surface area contributed by atoms with Crippen molar-refractivity contribution >= 4 is 23.5 Å². The highest BCUT2D eigenvalue weighted by molar-refractivity contribution is 7.79. The van der Waals surface area contributed by atoms with Crippen molar-refractivity contribution in [3.63, 3.8) is 0 Å². The lowest BCUT2D eigenvalue weighted by atomic mass is 10.1. The zero-order valence-electron chi connectivity index (χ0n) is 11.2. The average molecular weight is 276 g/mol. The van der Waals surface area contributed by atoms with Gasteiger partial charge in [0.2, 0.25) is 0 Å². The molecule has 2 heterocycles. The Hall–Kier alpha value is -1.95. The van der Waals surface area contributed by atoms with Gasteiger partial charge in [-0.3, -0.25) is 9.67 Å². The lowest BCUT2D eigenvalue weighted by Gasteiger charge is -2.12. The van der Waals surface area contributed by atoms with Crippen molar-refractivity contribution in [1.29, 1.82) is 0 Å². The fourth-order valence-corrected chi connectivity index (χ4v) is 2.09. The zero-order valence-corrected chi connectivity index (χ0v) is 12.0. The van der Waals surface area contributed by atoms with Gasteiger partial charge in [0.15, 0.2) is 5.82 Å². The molecule has 2 aromatic rings. The van der Waals surface area contributed by atoms with Crippen LogP contribution in [-0.4, -0.2) is 27.4 Å². The van der Waals surface area contributed by atoms with Gasteiger partial charge >= 0.3 is 0 Å². The van der Waals surface area contributed by atoms with Gasteiger partial charge in [-0.05, 0) is 13.8 Å². The van der Waals surface area contributed by atoms with Crippen molar-refractivity contribution in [2.24, 2.45) is 0 Å². The van der Waals surface area contributed by atoms with Crippen LogP contribution in [0.4, 0.5) is 5.82 Å². The monoisotopic (exact) mass is 276 g/mol. The van der Waals surface area contributed by atoms with Crippen LogP contribution in [0.25, 0.3) is 0 Å². The predicted octanol–water partition coefficient (Wildman–Crippen LogP) is 2.32. The van der Waals surface area contributed by atoms with Gasteiger partial charge in [0.25, 0.3) is 0 Å². The summed E-state index contributed by atoms with van der Waals surface area (Å²) in [5, 5.41) is 7.21. The molecule has 0 amide bonds. The van der Waals surface area contributed by atoms with Crippen LogP contribution in [0.5, 0.6) is 5.75 Å². The summed E-state index contributed by atoms with van der Waals surface area (Å²) in [5.41, 5.74) is 4.46. The number of hydrogen-bond donors (Lipinski definition) is 1. The van der Waals surface area contributed by atoms with Crippen LogP contribution in [0.3, 0.4) is 0 Å². The van der Waals surface area contributed by atoms with E-state index in [-0.39, 0.29) is 0 Å². The molecule has 0 aliphatic rings. The molecule has 100 valence electrons. The molecule has 0 aliphatic heterocycles. The number of rotatable bonds is 5. The Morgan fingerprint density at radius 2 is 2.26 bits per heavy atom. The van der Waals surface area contributed by atoms with Crippen molar-refractivity contribution in [3.8, 4) is 5.75 Å². The number of nitrogens with one attached hydrogen (secondary N) is 1. The summed E-state index contributed by atoms with van der Waals surface area (Å²) >= 11 is 4.73. The first kappa shape index (κ1) is 13.5. The van der Waals surface area contributed by atoms with E-state index in [0.29, 0.717) is 6.54 Å². The van der Waals surface area contributed by atoms with Gasteiger partial charge in [0, 0.05) is 29.6 Å². The summed E-state index contributed by atoms with van der Waals surface area (Å²) in [4.78, 5) is 4.45. The first-order chi connectivity index (χ1) is 9.15. The van der Waals surface area contributed by atoms with Gasteiger partial charge in [-0.2, -0.15) is 5.10 Å². The van der Waals surface area contributed by atoms with Crippen LogP contribution in [0.1, 0.15) is 16.8 Å². The Morgan fingerprint density at radius 3 is 2.95 bits per heavy atom. The summed E-state index contributed by atoms with van der Waals surface area (Å²) in [7, 11) is 1.68. The second-order valence-electron chi connectivity index (χ2n) is 4.21.